The molecule has 0 aromatic heterocycles. The van der Waals surface area contributed by atoms with Crippen LogP contribution in [0.5, 0.6) is 0 Å². The molecule has 1 aromatic rings. The molecule has 0 radical (unpaired) electrons. The third-order valence-corrected chi connectivity index (χ3v) is 3.34. The van der Waals surface area contributed by atoms with Gasteiger partial charge in [-0.3, -0.25) is 9.59 Å². The van der Waals surface area contributed by atoms with Crippen molar-refractivity contribution < 1.29 is 19.8 Å². The molecule has 0 heterocycles. The molecule has 0 aliphatic rings. The molecule has 0 saturated carbocycles. The van der Waals surface area contributed by atoms with Gasteiger partial charge in [0.15, 0.2) is 0 Å². The molecule has 0 bridgehead atoms. The molecule has 0 amide bonds. The minimum Gasteiger partial charge on any atom is -0.481 e. The first kappa shape index (κ1) is 16.3. The summed E-state index contributed by atoms with van der Waals surface area (Å²) < 4.78 is 0. The number of hydrogen-bond acceptors (Lipinski definition) is 3. The minimum absolute atomic E-state index is 0.00142. The molecule has 1 rings (SSSR count). The van der Waals surface area contributed by atoms with Gasteiger partial charge in [-0.15, -0.1) is 0 Å². The molecular weight excluding hydrogens is 282 g/mol. The second kappa shape index (κ2) is 7.75. The molecule has 0 spiro atoms. The smallest absolute Gasteiger partial charge is 0.305 e. The van der Waals surface area contributed by atoms with Crippen molar-refractivity contribution in [1.29, 1.82) is 0 Å². The fraction of sp³-hybridized carbons (Fsp3) is 0.429. The van der Waals surface area contributed by atoms with Gasteiger partial charge in [0, 0.05) is 30.2 Å². The summed E-state index contributed by atoms with van der Waals surface area (Å²) in [5.74, 6) is -1.74. The second-order valence-corrected chi connectivity index (χ2v) is 4.97. The van der Waals surface area contributed by atoms with E-state index in [4.69, 9.17) is 21.8 Å². The predicted octanol–water partition coefficient (Wildman–Crippen LogP) is 2.79. The van der Waals surface area contributed by atoms with Crippen LogP contribution in [-0.2, 0) is 9.59 Å². The van der Waals surface area contributed by atoms with E-state index in [1.807, 2.05) is 24.0 Å². The maximum atomic E-state index is 10.7. The summed E-state index contributed by atoms with van der Waals surface area (Å²) in [4.78, 5) is 23.1. The van der Waals surface area contributed by atoms with E-state index in [1.54, 1.807) is 6.07 Å². The van der Waals surface area contributed by atoms with Crippen LogP contribution in [0.15, 0.2) is 18.2 Å². The zero-order valence-corrected chi connectivity index (χ0v) is 12.1. The molecule has 0 fully saturated rings. The Morgan fingerprint density at radius 1 is 1.15 bits per heavy atom. The maximum Gasteiger partial charge on any atom is 0.305 e. The highest BCUT2D eigenvalue weighted by atomic mass is 35.5. The Bertz CT molecular complexity index is 490. The van der Waals surface area contributed by atoms with Crippen LogP contribution in [0.2, 0.25) is 5.02 Å². The summed E-state index contributed by atoms with van der Waals surface area (Å²) in [5.41, 5.74) is 1.76. The van der Waals surface area contributed by atoms with E-state index >= 15 is 0 Å². The van der Waals surface area contributed by atoms with Crippen LogP contribution in [0, 0.1) is 6.92 Å². The lowest BCUT2D eigenvalue weighted by molar-refractivity contribution is -0.138. The number of carboxylic acid groups (broad SMARTS) is 2. The van der Waals surface area contributed by atoms with Crippen molar-refractivity contribution in [2.24, 2.45) is 0 Å². The summed E-state index contributed by atoms with van der Waals surface area (Å²) in [6.07, 6.45) is 0.516. The number of rotatable bonds is 8. The zero-order chi connectivity index (χ0) is 15.1. The van der Waals surface area contributed by atoms with Crippen molar-refractivity contribution in [1.82, 2.24) is 0 Å². The average molecular weight is 300 g/mol. The summed E-state index contributed by atoms with van der Waals surface area (Å²) >= 11 is 6.07. The SMILES string of the molecule is Cc1ccc(N(CCCC(=O)O)CCC(=O)O)cc1Cl. The van der Waals surface area contributed by atoms with Gasteiger partial charge in [0.1, 0.15) is 0 Å². The van der Waals surface area contributed by atoms with Crippen LogP contribution < -0.4 is 4.90 Å². The molecule has 0 aliphatic carbocycles. The standard InChI is InChI=1S/C14H18ClNO4/c1-10-4-5-11(9-12(10)15)16(8-6-14(19)20)7-2-3-13(17)18/h4-5,9H,2-3,6-8H2,1H3,(H,17,18)(H,19,20). The first-order valence-electron chi connectivity index (χ1n) is 6.35. The number of hydrogen-bond donors (Lipinski definition) is 2. The van der Waals surface area contributed by atoms with Gasteiger partial charge in [-0.1, -0.05) is 17.7 Å². The van der Waals surface area contributed by atoms with Gasteiger partial charge in [0.05, 0.1) is 6.42 Å². The molecule has 0 aliphatic heterocycles. The summed E-state index contributed by atoms with van der Waals surface area (Å²) in [6, 6.07) is 5.51. The third-order valence-electron chi connectivity index (χ3n) is 2.93. The largest absolute Gasteiger partial charge is 0.481 e. The number of aliphatic carboxylic acids is 2. The molecule has 0 saturated heterocycles. The summed E-state index contributed by atoms with van der Waals surface area (Å²) in [6.45, 7) is 2.70. The van der Waals surface area contributed by atoms with E-state index in [0.717, 1.165) is 11.3 Å². The highest BCUT2D eigenvalue weighted by Crippen LogP contribution is 2.23. The number of carbonyl (C=O) groups is 2. The Kier molecular flexibility index (Phi) is 6.31. The van der Waals surface area contributed by atoms with E-state index < -0.39 is 11.9 Å². The van der Waals surface area contributed by atoms with Crippen molar-refractivity contribution in [3.63, 3.8) is 0 Å². The van der Waals surface area contributed by atoms with Crippen LogP contribution in [0.4, 0.5) is 5.69 Å². The predicted molar refractivity (Wildman–Crippen MR) is 77.5 cm³/mol. The van der Waals surface area contributed by atoms with Gasteiger partial charge < -0.3 is 15.1 Å². The van der Waals surface area contributed by atoms with Crippen molar-refractivity contribution in [3.05, 3.63) is 28.8 Å². The fourth-order valence-corrected chi connectivity index (χ4v) is 1.98. The Balaban J connectivity index is 2.76. The van der Waals surface area contributed by atoms with Gasteiger partial charge in [0.2, 0.25) is 0 Å². The van der Waals surface area contributed by atoms with Gasteiger partial charge in [-0.2, -0.15) is 0 Å². The number of anilines is 1. The number of benzene rings is 1. The van der Waals surface area contributed by atoms with E-state index in [0.29, 0.717) is 24.5 Å². The number of halogens is 1. The van der Waals surface area contributed by atoms with Crippen LogP contribution in [-0.4, -0.2) is 35.2 Å². The average Bonchev–Trinajstić information content (AvgIpc) is 2.36. The third kappa shape index (κ3) is 5.48. The lowest BCUT2D eigenvalue weighted by Gasteiger charge is -2.24. The zero-order valence-electron chi connectivity index (χ0n) is 11.3. The molecular formula is C14H18ClNO4. The minimum atomic E-state index is -0.883. The van der Waals surface area contributed by atoms with Crippen LogP contribution in [0.25, 0.3) is 0 Å². The molecule has 2 N–H and O–H groups in total. The van der Waals surface area contributed by atoms with Gasteiger partial charge in [0.25, 0.3) is 0 Å². The van der Waals surface area contributed by atoms with Crippen LogP contribution in [0.1, 0.15) is 24.8 Å². The summed E-state index contributed by atoms with van der Waals surface area (Å²) in [5, 5.41) is 18.0. The van der Waals surface area contributed by atoms with Crippen LogP contribution in [0.3, 0.4) is 0 Å². The Labute approximate surface area is 122 Å². The number of aryl methyl sites for hydroxylation is 1. The van der Waals surface area contributed by atoms with Gasteiger partial charge in [-0.25, -0.2) is 0 Å². The highest BCUT2D eigenvalue weighted by Gasteiger charge is 2.11. The topological polar surface area (TPSA) is 77.8 Å². The van der Waals surface area contributed by atoms with E-state index in [1.165, 1.54) is 0 Å². The molecule has 0 atom stereocenters. The summed E-state index contributed by atoms with van der Waals surface area (Å²) in [7, 11) is 0. The van der Waals surface area contributed by atoms with Gasteiger partial charge in [-0.05, 0) is 31.0 Å². The van der Waals surface area contributed by atoms with Crippen molar-refractivity contribution in [2.75, 3.05) is 18.0 Å². The van der Waals surface area contributed by atoms with Crippen LogP contribution >= 0.6 is 11.6 Å². The second-order valence-electron chi connectivity index (χ2n) is 4.56. The normalized spacial score (nSPS) is 10.3. The molecule has 0 unspecified atom stereocenters. The number of carboxylic acids is 2. The lowest BCUT2D eigenvalue weighted by atomic mass is 10.2. The van der Waals surface area contributed by atoms with Gasteiger partial charge >= 0.3 is 11.9 Å². The molecule has 110 valence electrons. The first-order valence-corrected chi connectivity index (χ1v) is 6.72. The quantitative estimate of drug-likeness (QED) is 0.772. The van der Waals surface area contributed by atoms with Crippen molar-refractivity contribution in [2.45, 2.75) is 26.2 Å². The lowest BCUT2D eigenvalue weighted by Crippen LogP contribution is -2.27. The Morgan fingerprint density at radius 2 is 1.80 bits per heavy atom. The van der Waals surface area contributed by atoms with Crippen molar-refractivity contribution in [3.8, 4) is 0 Å². The maximum absolute atomic E-state index is 10.7. The van der Waals surface area contributed by atoms with E-state index in [-0.39, 0.29) is 12.8 Å². The van der Waals surface area contributed by atoms with Crippen molar-refractivity contribution >= 4 is 29.2 Å². The highest BCUT2D eigenvalue weighted by molar-refractivity contribution is 6.31. The fourth-order valence-electron chi connectivity index (χ4n) is 1.80. The first-order chi connectivity index (χ1) is 9.40. The monoisotopic (exact) mass is 299 g/mol. The molecule has 6 heteroatoms. The Hall–Kier alpha value is -1.75. The molecule has 5 nitrogen and oxygen atoms in total. The number of nitrogens with zero attached hydrogens (tertiary/aromatic N) is 1. The van der Waals surface area contributed by atoms with E-state index in [2.05, 4.69) is 0 Å². The molecule has 1 aromatic carbocycles. The molecule has 20 heavy (non-hydrogen) atoms. The Morgan fingerprint density at radius 3 is 2.35 bits per heavy atom. The van der Waals surface area contributed by atoms with E-state index in [9.17, 15) is 9.59 Å².